The molecule has 0 radical (unpaired) electrons. The number of ether oxygens (including phenoxy) is 2. The molecule has 10 nitrogen and oxygen atoms in total. The van der Waals surface area contributed by atoms with Crippen LogP contribution in [-0.2, 0) is 4.74 Å². The average molecular weight is 363 g/mol. The van der Waals surface area contributed by atoms with Gasteiger partial charge in [-0.1, -0.05) is 0 Å². The smallest absolute Gasteiger partial charge is 0.338 e. The van der Waals surface area contributed by atoms with Crippen LogP contribution in [0.3, 0.4) is 0 Å². The zero-order chi connectivity index (χ0) is 19.1. The van der Waals surface area contributed by atoms with Crippen LogP contribution < -0.4 is 10.1 Å². The number of benzene rings is 1. The van der Waals surface area contributed by atoms with Gasteiger partial charge in [0.2, 0.25) is 11.7 Å². The summed E-state index contributed by atoms with van der Waals surface area (Å²) in [4.78, 5) is 15.6. The fourth-order valence-corrected chi connectivity index (χ4v) is 2.03. The Hall–Kier alpha value is -4.26. The molecule has 134 valence electrons. The summed E-state index contributed by atoms with van der Waals surface area (Å²) in [6.45, 7) is 0. The molecule has 1 aromatic carbocycles. The molecule has 0 saturated carbocycles. The number of nitrogens with zero attached hydrogens (tertiary/aromatic N) is 5. The van der Waals surface area contributed by atoms with Crippen molar-refractivity contribution in [3.05, 3.63) is 60.2 Å². The van der Waals surface area contributed by atoms with Crippen LogP contribution in [0.2, 0.25) is 0 Å². The number of hydrogen-bond donors (Lipinski definition) is 2. The van der Waals surface area contributed by atoms with Crippen molar-refractivity contribution < 1.29 is 14.3 Å². The van der Waals surface area contributed by atoms with E-state index in [4.69, 9.17) is 10.00 Å². The van der Waals surface area contributed by atoms with E-state index >= 15 is 0 Å². The molecule has 0 spiro atoms. The fraction of sp³-hybridized carbons (Fsp3) is 0.0588. The highest BCUT2D eigenvalue weighted by Gasteiger charge is 2.08. The van der Waals surface area contributed by atoms with Gasteiger partial charge in [-0.25, -0.2) is 9.78 Å². The Balaban J connectivity index is 1.67. The topological polar surface area (TPSA) is 139 Å². The van der Waals surface area contributed by atoms with Gasteiger partial charge in [-0.3, -0.25) is 0 Å². The number of methoxy groups -OCH3 is 1. The van der Waals surface area contributed by atoms with Crippen molar-refractivity contribution in [2.45, 2.75) is 0 Å². The zero-order valence-corrected chi connectivity index (χ0v) is 14.1. The van der Waals surface area contributed by atoms with E-state index in [-0.39, 0.29) is 17.3 Å². The second-order valence-corrected chi connectivity index (χ2v) is 5.05. The number of hydrogen-bond acceptors (Lipinski definition) is 9. The number of anilines is 1. The Morgan fingerprint density at radius 2 is 2.11 bits per heavy atom. The zero-order valence-electron chi connectivity index (χ0n) is 14.1. The van der Waals surface area contributed by atoms with Gasteiger partial charge < -0.3 is 14.8 Å². The van der Waals surface area contributed by atoms with Crippen molar-refractivity contribution >= 4 is 17.2 Å². The molecule has 0 aliphatic heterocycles. The summed E-state index contributed by atoms with van der Waals surface area (Å²) in [5.74, 6) is 0.519. The maximum absolute atomic E-state index is 11.5. The summed E-state index contributed by atoms with van der Waals surface area (Å²) in [6.07, 6.45) is 2.94. The lowest BCUT2D eigenvalue weighted by Gasteiger charge is -2.07. The molecule has 2 aromatic heterocycles. The van der Waals surface area contributed by atoms with Crippen LogP contribution >= 0.6 is 0 Å². The molecular formula is C17H13N7O3. The SMILES string of the molecule is COC(=O)c1ccnc(Oc2ccc(NC=C(C#N)c3nn[nH]n3)cc2)c1. The molecule has 0 aliphatic rings. The first-order chi connectivity index (χ1) is 13.2. The summed E-state index contributed by atoms with van der Waals surface area (Å²) in [7, 11) is 1.31. The number of carbonyl (C=O) groups excluding carboxylic acids is 1. The van der Waals surface area contributed by atoms with Gasteiger partial charge in [0.25, 0.3) is 0 Å². The monoisotopic (exact) mass is 363 g/mol. The lowest BCUT2D eigenvalue weighted by Crippen LogP contribution is -2.01. The highest BCUT2D eigenvalue weighted by atomic mass is 16.5. The highest BCUT2D eigenvalue weighted by Crippen LogP contribution is 2.22. The van der Waals surface area contributed by atoms with Gasteiger partial charge in [-0.2, -0.15) is 10.5 Å². The number of aromatic amines is 1. The van der Waals surface area contributed by atoms with E-state index in [0.29, 0.717) is 11.3 Å². The van der Waals surface area contributed by atoms with Gasteiger partial charge in [0.15, 0.2) is 0 Å². The molecular weight excluding hydrogens is 350 g/mol. The fourth-order valence-electron chi connectivity index (χ4n) is 2.03. The molecule has 2 N–H and O–H groups in total. The first-order valence-corrected chi connectivity index (χ1v) is 7.62. The van der Waals surface area contributed by atoms with E-state index in [1.165, 1.54) is 31.6 Å². The minimum absolute atomic E-state index is 0.196. The lowest BCUT2D eigenvalue weighted by molar-refractivity contribution is 0.0600. The molecule has 0 unspecified atom stereocenters. The number of aromatic nitrogens is 5. The molecule has 27 heavy (non-hydrogen) atoms. The van der Waals surface area contributed by atoms with Crippen molar-refractivity contribution in [1.29, 1.82) is 5.26 Å². The predicted octanol–water partition coefficient (Wildman–Crippen LogP) is 2.15. The Morgan fingerprint density at radius 1 is 1.30 bits per heavy atom. The van der Waals surface area contributed by atoms with Gasteiger partial charge in [-0.15, -0.1) is 10.2 Å². The molecule has 0 fully saturated rings. The summed E-state index contributed by atoms with van der Waals surface area (Å²) < 4.78 is 10.3. The molecule has 0 aliphatic carbocycles. The van der Waals surface area contributed by atoms with Crippen molar-refractivity contribution in [3.63, 3.8) is 0 Å². The standard InChI is InChI=1S/C17H13N7O3/c1-26-17(25)11-6-7-19-15(8-11)27-14-4-2-13(3-5-14)20-10-12(9-18)16-21-23-24-22-16/h2-8,10,20H,1H3,(H,21,22,23,24). The first-order valence-electron chi connectivity index (χ1n) is 7.62. The minimum Gasteiger partial charge on any atom is -0.465 e. The van der Waals surface area contributed by atoms with Crippen LogP contribution in [0, 0.1) is 11.3 Å². The molecule has 0 saturated heterocycles. The third-order valence-electron chi connectivity index (χ3n) is 3.32. The number of rotatable bonds is 6. The number of carbonyl (C=O) groups is 1. The van der Waals surface area contributed by atoms with Gasteiger partial charge in [0, 0.05) is 24.2 Å². The number of nitrogens with one attached hydrogen (secondary N) is 2. The van der Waals surface area contributed by atoms with Crippen LogP contribution in [-0.4, -0.2) is 38.7 Å². The Labute approximate surface area is 153 Å². The van der Waals surface area contributed by atoms with Gasteiger partial charge in [-0.05, 0) is 35.5 Å². The molecule has 0 bridgehead atoms. The third kappa shape index (κ3) is 4.43. The van der Waals surface area contributed by atoms with Crippen LogP contribution in [0.15, 0.2) is 48.8 Å². The molecule has 3 aromatic rings. The number of pyridine rings is 1. The number of H-pyrrole nitrogens is 1. The van der Waals surface area contributed by atoms with Gasteiger partial charge in [0.05, 0.1) is 12.7 Å². The maximum Gasteiger partial charge on any atom is 0.338 e. The van der Waals surface area contributed by atoms with E-state index in [0.717, 1.165) is 5.69 Å². The normalized spacial score (nSPS) is 10.7. The van der Waals surface area contributed by atoms with E-state index in [2.05, 4.69) is 35.7 Å². The molecule has 0 atom stereocenters. The van der Waals surface area contributed by atoms with Gasteiger partial charge in [0.1, 0.15) is 17.4 Å². The van der Waals surface area contributed by atoms with Crippen molar-refractivity contribution in [2.24, 2.45) is 0 Å². The van der Waals surface area contributed by atoms with Crippen molar-refractivity contribution in [2.75, 3.05) is 12.4 Å². The summed E-state index contributed by atoms with van der Waals surface area (Å²) in [5.41, 5.74) is 1.29. The molecule has 2 heterocycles. The van der Waals surface area contributed by atoms with Crippen LogP contribution in [0.4, 0.5) is 5.69 Å². The Kier molecular flexibility index (Phi) is 5.34. The number of esters is 1. The second-order valence-electron chi connectivity index (χ2n) is 5.05. The highest BCUT2D eigenvalue weighted by molar-refractivity contribution is 5.89. The predicted molar refractivity (Wildman–Crippen MR) is 93.5 cm³/mol. The summed E-state index contributed by atoms with van der Waals surface area (Å²) >= 11 is 0. The molecule has 3 rings (SSSR count). The van der Waals surface area contributed by atoms with Crippen molar-refractivity contribution in [1.82, 2.24) is 25.6 Å². The van der Waals surface area contributed by atoms with E-state index < -0.39 is 5.97 Å². The van der Waals surface area contributed by atoms with E-state index in [1.54, 1.807) is 24.3 Å². The van der Waals surface area contributed by atoms with Crippen LogP contribution in [0.25, 0.3) is 5.57 Å². The minimum atomic E-state index is -0.469. The molecule has 0 amide bonds. The third-order valence-corrected chi connectivity index (χ3v) is 3.32. The second kappa shape index (κ2) is 8.21. The van der Waals surface area contributed by atoms with Gasteiger partial charge >= 0.3 is 5.97 Å². The van der Waals surface area contributed by atoms with E-state index in [1.807, 2.05) is 6.07 Å². The van der Waals surface area contributed by atoms with Crippen LogP contribution in [0.1, 0.15) is 16.2 Å². The van der Waals surface area contributed by atoms with E-state index in [9.17, 15) is 4.79 Å². The average Bonchev–Trinajstić information content (AvgIpc) is 3.24. The Morgan fingerprint density at radius 3 is 2.78 bits per heavy atom. The summed E-state index contributed by atoms with van der Waals surface area (Å²) in [5, 5.41) is 25.3. The largest absolute Gasteiger partial charge is 0.465 e. The quantitative estimate of drug-likeness (QED) is 0.498. The number of nitriles is 1. The summed E-state index contributed by atoms with van der Waals surface area (Å²) in [6, 6.07) is 11.9. The first kappa shape index (κ1) is 17.6. The number of tetrazole rings is 1. The Bertz CT molecular complexity index is 992. The maximum atomic E-state index is 11.5. The molecule has 10 heteroatoms. The van der Waals surface area contributed by atoms with Crippen LogP contribution in [0.5, 0.6) is 11.6 Å². The number of allylic oxidation sites excluding steroid dienone is 1. The van der Waals surface area contributed by atoms with Crippen molar-refractivity contribution in [3.8, 4) is 17.7 Å². The lowest BCUT2D eigenvalue weighted by atomic mass is 10.2.